The molecular formula is C18H19N3O5S. The van der Waals surface area contributed by atoms with Crippen LogP contribution < -0.4 is 19.9 Å². The monoisotopic (exact) mass is 389 g/mol. The van der Waals surface area contributed by atoms with E-state index in [2.05, 4.69) is 4.72 Å². The summed E-state index contributed by atoms with van der Waals surface area (Å²) >= 11 is 0. The topological polar surface area (TPSA) is 91.6 Å². The molecule has 0 bridgehead atoms. The molecule has 2 aromatic carbocycles. The molecule has 0 atom stereocenters. The van der Waals surface area contributed by atoms with Crippen LogP contribution in [0.5, 0.6) is 11.5 Å². The van der Waals surface area contributed by atoms with Crippen molar-refractivity contribution in [1.82, 2.24) is 13.9 Å². The van der Waals surface area contributed by atoms with Crippen molar-refractivity contribution in [2.45, 2.75) is 11.4 Å². The van der Waals surface area contributed by atoms with Gasteiger partial charge in [0.25, 0.3) is 0 Å². The smallest absolute Gasteiger partial charge is 0.328 e. The molecule has 1 aromatic heterocycles. The van der Waals surface area contributed by atoms with E-state index in [1.807, 2.05) is 12.1 Å². The van der Waals surface area contributed by atoms with Gasteiger partial charge in [-0.15, -0.1) is 0 Å². The van der Waals surface area contributed by atoms with Crippen LogP contribution in [0.2, 0.25) is 0 Å². The zero-order chi connectivity index (χ0) is 19.2. The number of imidazole rings is 1. The Labute approximate surface area is 156 Å². The lowest BCUT2D eigenvalue weighted by atomic mass is 10.2. The molecule has 0 saturated heterocycles. The summed E-state index contributed by atoms with van der Waals surface area (Å²) in [6.07, 6.45) is 0. The minimum Gasteiger partial charge on any atom is -0.486 e. The van der Waals surface area contributed by atoms with Crippen LogP contribution in [-0.4, -0.2) is 30.8 Å². The predicted octanol–water partition coefficient (Wildman–Crippen LogP) is 1.13. The third kappa shape index (κ3) is 3.08. The summed E-state index contributed by atoms with van der Waals surface area (Å²) in [5.74, 6) is 0.959. The van der Waals surface area contributed by atoms with Gasteiger partial charge in [0.15, 0.2) is 11.5 Å². The van der Waals surface area contributed by atoms with Crippen LogP contribution >= 0.6 is 0 Å². The van der Waals surface area contributed by atoms with E-state index in [1.54, 1.807) is 30.8 Å². The molecule has 0 amide bonds. The molecule has 1 aliphatic rings. The van der Waals surface area contributed by atoms with E-state index in [9.17, 15) is 13.2 Å². The van der Waals surface area contributed by atoms with Crippen molar-refractivity contribution in [1.29, 1.82) is 0 Å². The second-order valence-corrected chi connectivity index (χ2v) is 8.12. The number of aryl methyl sites for hydroxylation is 2. The molecule has 1 N–H and O–H groups in total. The molecule has 0 spiro atoms. The second kappa shape index (κ2) is 6.43. The maximum Gasteiger partial charge on any atom is 0.328 e. The van der Waals surface area contributed by atoms with Gasteiger partial charge in [-0.25, -0.2) is 17.9 Å². The summed E-state index contributed by atoms with van der Waals surface area (Å²) in [5, 5.41) is 0. The zero-order valence-corrected chi connectivity index (χ0v) is 15.7. The van der Waals surface area contributed by atoms with Crippen molar-refractivity contribution in [3.05, 3.63) is 52.4 Å². The van der Waals surface area contributed by atoms with Gasteiger partial charge in [-0.1, -0.05) is 6.07 Å². The highest BCUT2D eigenvalue weighted by Gasteiger charge is 2.19. The molecule has 0 aliphatic carbocycles. The number of sulfonamides is 1. The van der Waals surface area contributed by atoms with E-state index in [1.165, 1.54) is 16.7 Å². The maximum atomic E-state index is 12.6. The van der Waals surface area contributed by atoms with Crippen LogP contribution in [0.15, 0.2) is 46.1 Å². The quantitative estimate of drug-likeness (QED) is 0.722. The molecule has 142 valence electrons. The van der Waals surface area contributed by atoms with Gasteiger partial charge in [-0.3, -0.25) is 9.13 Å². The Hall–Kier alpha value is -2.78. The molecule has 0 fully saturated rings. The largest absolute Gasteiger partial charge is 0.486 e. The summed E-state index contributed by atoms with van der Waals surface area (Å²) < 4.78 is 41.8. The fraction of sp³-hybridized carbons (Fsp3) is 0.278. The highest BCUT2D eigenvalue weighted by atomic mass is 32.2. The molecule has 9 heteroatoms. The van der Waals surface area contributed by atoms with Gasteiger partial charge in [0, 0.05) is 26.7 Å². The van der Waals surface area contributed by atoms with E-state index < -0.39 is 10.0 Å². The van der Waals surface area contributed by atoms with E-state index >= 15 is 0 Å². The molecule has 4 rings (SSSR count). The SMILES string of the molecule is Cn1c(=O)n(C)c2cc(CNS(=O)(=O)c3ccc4c(c3)OCCO4)ccc21. The molecule has 3 aromatic rings. The molecule has 2 heterocycles. The Kier molecular flexibility index (Phi) is 4.20. The van der Waals surface area contributed by atoms with E-state index in [0.29, 0.717) is 24.7 Å². The van der Waals surface area contributed by atoms with E-state index in [-0.39, 0.29) is 17.1 Å². The number of hydrogen-bond acceptors (Lipinski definition) is 5. The van der Waals surface area contributed by atoms with Crippen molar-refractivity contribution < 1.29 is 17.9 Å². The minimum absolute atomic E-state index is 0.107. The standard InChI is InChI=1S/C18H19N3O5S/c1-20-14-5-3-12(9-15(14)21(2)18(20)22)11-19-27(23,24)13-4-6-16-17(10-13)26-8-7-25-16/h3-6,9-10,19H,7-8,11H2,1-2H3. The Morgan fingerprint density at radius 1 is 0.963 bits per heavy atom. The van der Waals surface area contributed by atoms with Crippen LogP contribution in [-0.2, 0) is 30.7 Å². The van der Waals surface area contributed by atoms with Crippen LogP contribution in [0.4, 0.5) is 0 Å². The van der Waals surface area contributed by atoms with Crippen molar-refractivity contribution in [3.63, 3.8) is 0 Å². The molecule has 27 heavy (non-hydrogen) atoms. The van der Waals surface area contributed by atoms with Gasteiger partial charge >= 0.3 is 5.69 Å². The predicted molar refractivity (Wildman–Crippen MR) is 99.6 cm³/mol. The van der Waals surface area contributed by atoms with Gasteiger partial charge in [0.1, 0.15) is 13.2 Å². The third-order valence-corrected chi connectivity index (χ3v) is 6.03. The molecule has 0 saturated carbocycles. The first-order valence-electron chi connectivity index (χ1n) is 8.40. The number of benzene rings is 2. The lowest BCUT2D eigenvalue weighted by Gasteiger charge is -2.19. The summed E-state index contributed by atoms with van der Waals surface area (Å²) in [4.78, 5) is 12.1. The number of aromatic nitrogens is 2. The number of hydrogen-bond donors (Lipinski definition) is 1. The summed E-state index contributed by atoms with van der Waals surface area (Å²) in [7, 11) is -0.326. The fourth-order valence-corrected chi connectivity index (χ4v) is 4.15. The highest BCUT2D eigenvalue weighted by Crippen LogP contribution is 2.32. The number of rotatable bonds is 4. The van der Waals surface area contributed by atoms with Gasteiger partial charge in [-0.05, 0) is 29.8 Å². The van der Waals surface area contributed by atoms with Gasteiger partial charge < -0.3 is 9.47 Å². The first-order chi connectivity index (χ1) is 12.9. The van der Waals surface area contributed by atoms with Crippen molar-refractivity contribution in [3.8, 4) is 11.5 Å². The van der Waals surface area contributed by atoms with Crippen LogP contribution in [0, 0.1) is 0 Å². The fourth-order valence-electron chi connectivity index (χ4n) is 3.11. The number of ether oxygens (including phenoxy) is 2. The minimum atomic E-state index is -3.72. The maximum absolute atomic E-state index is 12.6. The first-order valence-corrected chi connectivity index (χ1v) is 9.89. The van der Waals surface area contributed by atoms with Gasteiger partial charge in [0.2, 0.25) is 10.0 Å². The second-order valence-electron chi connectivity index (χ2n) is 6.35. The molecule has 1 aliphatic heterocycles. The first kappa shape index (κ1) is 17.6. The van der Waals surface area contributed by atoms with E-state index in [0.717, 1.165) is 16.6 Å². The summed E-state index contributed by atoms with van der Waals surface area (Å²) in [5.41, 5.74) is 2.17. The van der Waals surface area contributed by atoms with Crippen molar-refractivity contribution in [2.75, 3.05) is 13.2 Å². The average molecular weight is 389 g/mol. The van der Waals surface area contributed by atoms with Crippen LogP contribution in [0.25, 0.3) is 11.0 Å². The van der Waals surface area contributed by atoms with E-state index in [4.69, 9.17) is 9.47 Å². The van der Waals surface area contributed by atoms with Gasteiger partial charge in [0.05, 0.1) is 15.9 Å². The summed E-state index contributed by atoms with van der Waals surface area (Å²) in [6, 6.07) is 9.96. The van der Waals surface area contributed by atoms with Gasteiger partial charge in [-0.2, -0.15) is 0 Å². The molecule has 0 unspecified atom stereocenters. The zero-order valence-electron chi connectivity index (χ0n) is 14.9. The lowest BCUT2D eigenvalue weighted by Crippen LogP contribution is -2.24. The van der Waals surface area contributed by atoms with Crippen LogP contribution in [0.3, 0.4) is 0 Å². The Bertz CT molecular complexity index is 1190. The number of fused-ring (bicyclic) bond motifs is 2. The Morgan fingerprint density at radius 3 is 2.44 bits per heavy atom. The Balaban J connectivity index is 1.58. The lowest BCUT2D eigenvalue weighted by molar-refractivity contribution is 0.171. The average Bonchev–Trinajstić information content (AvgIpc) is 2.90. The van der Waals surface area contributed by atoms with Crippen molar-refractivity contribution >= 4 is 21.1 Å². The Morgan fingerprint density at radius 2 is 1.67 bits per heavy atom. The highest BCUT2D eigenvalue weighted by molar-refractivity contribution is 7.89. The molecule has 8 nitrogen and oxygen atoms in total. The normalized spacial score (nSPS) is 13.9. The van der Waals surface area contributed by atoms with Crippen LogP contribution in [0.1, 0.15) is 5.56 Å². The van der Waals surface area contributed by atoms with Crippen molar-refractivity contribution in [2.24, 2.45) is 14.1 Å². The molecule has 0 radical (unpaired) electrons. The summed E-state index contributed by atoms with van der Waals surface area (Å²) in [6.45, 7) is 0.942. The third-order valence-electron chi connectivity index (χ3n) is 4.63. The molecular weight excluding hydrogens is 370 g/mol. The number of nitrogens with one attached hydrogen (secondary N) is 1. The number of nitrogens with zero attached hydrogens (tertiary/aromatic N) is 2.